The second kappa shape index (κ2) is 9.75. The first-order chi connectivity index (χ1) is 12.9. The number of aliphatic imine (C=N–C) groups is 1. The Bertz CT molecular complexity index is 620. The van der Waals surface area contributed by atoms with Gasteiger partial charge in [0.1, 0.15) is 12.2 Å². The zero-order valence-electron chi connectivity index (χ0n) is 15.2. The number of pyridine rings is 1. The van der Waals surface area contributed by atoms with Gasteiger partial charge in [0.25, 0.3) is 0 Å². The van der Waals surface area contributed by atoms with Crippen LogP contribution in [0.2, 0.25) is 0 Å². The van der Waals surface area contributed by atoms with E-state index < -0.39 is 17.6 Å². The molecule has 2 heterocycles. The summed E-state index contributed by atoms with van der Waals surface area (Å²) in [6, 6.07) is 2.15. The van der Waals surface area contributed by atoms with Crippen molar-refractivity contribution in [2.75, 3.05) is 46.6 Å². The highest BCUT2D eigenvalue weighted by Gasteiger charge is 2.35. The van der Waals surface area contributed by atoms with Crippen molar-refractivity contribution in [1.82, 2.24) is 15.6 Å². The molecule has 10 heteroatoms. The molecule has 0 bridgehead atoms. The molecule has 0 amide bonds. The minimum Gasteiger partial charge on any atom is -0.475 e. The average Bonchev–Trinajstić information content (AvgIpc) is 3.10. The van der Waals surface area contributed by atoms with Crippen LogP contribution in [0.4, 0.5) is 13.2 Å². The van der Waals surface area contributed by atoms with Gasteiger partial charge in [0, 0.05) is 38.4 Å². The molecule has 1 fully saturated rings. The minimum absolute atomic E-state index is 0.00825. The van der Waals surface area contributed by atoms with Gasteiger partial charge < -0.3 is 25.2 Å². The molecule has 0 spiro atoms. The number of aliphatic hydroxyl groups is 1. The van der Waals surface area contributed by atoms with Gasteiger partial charge in [0.2, 0.25) is 5.88 Å². The molecule has 7 nitrogen and oxygen atoms in total. The summed E-state index contributed by atoms with van der Waals surface area (Å²) in [6.07, 6.45) is -1.79. The number of hydrogen-bond acceptors (Lipinski definition) is 5. The van der Waals surface area contributed by atoms with Crippen LogP contribution in [0.25, 0.3) is 0 Å². The van der Waals surface area contributed by atoms with Crippen molar-refractivity contribution in [2.45, 2.75) is 19.0 Å². The fourth-order valence-corrected chi connectivity index (χ4v) is 2.84. The zero-order chi connectivity index (χ0) is 19.8. The third-order valence-electron chi connectivity index (χ3n) is 4.39. The normalized spacial score (nSPS) is 20.6. The standard InChI is InChI=1S/C17H25F3N4O3/c1-21-15(24-11-16(4-8-25)5-9-26-12-16)23-7-10-27-14-13(17(18,19)20)3-2-6-22-14/h2-3,6,25H,4-5,7-12H2,1H3,(H2,21,23,24). The van der Waals surface area contributed by atoms with Gasteiger partial charge in [-0.15, -0.1) is 0 Å². The quantitative estimate of drug-likeness (QED) is 0.354. The van der Waals surface area contributed by atoms with E-state index in [1.807, 2.05) is 0 Å². The van der Waals surface area contributed by atoms with Crippen LogP contribution in [0, 0.1) is 5.41 Å². The highest BCUT2D eigenvalue weighted by atomic mass is 19.4. The number of hydrogen-bond donors (Lipinski definition) is 3. The predicted molar refractivity (Wildman–Crippen MR) is 93.7 cm³/mol. The van der Waals surface area contributed by atoms with Crippen LogP contribution in [0.1, 0.15) is 18.4 Å². The van der Waals surface area contributed by atoms with Crippen LogP contribution in [-0.4, -0.2) is 62.6 Å². The molecule has 1 aromatic rings. The molecule has 1 aliphatic rings. The lowest BCUT2D eigenvalue weighted by molar-refractivity contribution is -0.139. The molecule has 1 aromatic heterocycles. The van der Waals surface area contributed by atoms with Crippen molar-refractivity contribution >= 4 is 5.96 Å². The molecule has 152 valence electrons. The highest BCUT2D eigenvalue weighted by Crippen LogP contribution is 2.34. The van der Waals surface area contributed by atoms with E-state index in [0.717, 1.165) is 12.5 Å². The Morgan fingerprint density at radius 1 is 1.44 bits per heavy atom. The second-order valence-corrected chi connectivity index (χ2v) is 6.33. The molecule has 1 aliphatic heterocycles. The first kappa shape index (κ1) is 21.2. The van der Waals surface area contributed by atoms with Crippen molar-refractivity contribution in [3.63, 3.8) is 0 Å². The number of aliphatic hydroxyl groups excluding tert-OH is 1. The average molecular weight is 390 g/mol. The number of halogens is 3. The Morgan fingerprint density at radius 2 is 2.26 bits per heavy atom. The van der Waals surface area contributed by atoms with E-state index in [4.69, 9.17) is 9.47 Å². The van der Waals surface area contributed by atoms with Gasteiger partial charge in [-0.1, -0.05) is 0 Å². The number of nitrogens with one attached hydrogen (secondary N) is 2. The number of alkyl halides is 3. The lowest BCUT2D eigenvalue weighted by Gasteiger charge is -2.27. The van der Waals surface area contributed by atoms with Gasteiger partial charge >= 0.3 is 6.18 Å². The van der Waals surface area contributed by atoms with Gasteiger partial charge in [0.15, 0.2) is 5.96 Å². The fraction of sp³-hybridized carbons (Fsp3) is 0.647. The fourth-order valence-electron chi connectivity index (χ4n) is 2.84. The number of rotatable bonds is 8. The van der Waals surface area contributed by atoms with Crippen molar-refractivity contribution in [2.24, 2.45) is 10.4 Å². The molecule has 0 saturated carbocycles. The molecule has 0 radical (unpaired) electrons. The molecule has 1 saturated heterocycles. The molecule has 3 N–H and O–H groups in total. The zero-order valence-corrected chi connectivity index (χ0v) is 15.2. The Kier molecular flexibility index (Phi) is 7.66. The first-order valence-corrected chi connectivity index (χ1v) is 8.68. The Morgan fingerprint density at radius 3 is 2.89 bits per heavy atom. The first-order valence-electron chi connectivity index (χ1n) is 8.68. The van der Waals surface area contributed by atoms with Gasteiger partial charge in [-0.05, 0) is 25.0 Å². The minimum atomic E-state index is -4.51. The smallest absolute Gasteiger partial charge is 0.421 e. The van der Waals surface area contributed by atoms with Crippen LogP contribution >= 0.6 is 0 Å². The van der Waals surface area contributed by atoms with Gasteiger partial charge in [-0.25, -0.2) is 4.98 Å². The van der Waals surface area contributed by atoms with E-state index in [9.17, 15) is 18.3 Å². The van der Waals surface area contributed by atoms with Crippen molar-refractivity contribution in [3.05, 3.63) is 23.9 Å². The van der Waals surface area contributed by atoms with E-state index >= 15 is 0 Å². The maximum absolute atomic E-state index is 12.9. The molecule has 1 atom stereocenters. The number of ether oxygens (including phenoxy) is 2. The Labute approximate surface area is 156 Å². The number of guanidine groups is 1. The summed E-state index contributed by atoms with van der Waals surface area (Å²) >= 11 is 0. The maximum atomic E-state index is 12.9. The van der Waals surface area contributed by atoms with Gasteiger partial charge in [-0.3, -0.25) is 4.99 Å². The van der Waals surface area contributed by atoms with Crippen LogP contribution in [0.15, 0.2) is 23.3 Å². The lowest BCUT2D eigenvalue weighted by Crippen LogP contribution is -2.45. The Balaban J connectivity index is 1.79. The highest BCUT2D eigenvalue weighted by molar-refractivity contribution is 5.79. The van der Waals surface area contributed by atoms with Gasteiger partial charge in [0.05, 0.1) is 13.2 Å². The molecular weight excluding hydrogens is 365 g/mol. The van der Waals surface area contributed by atoms with Crippen molar-refractivity contribution < 1.29 is 27.8 Å². The summed E-state index contributed by atoms with van der Waals surface area (Å²) in [5.74, 6) is 0.0552. The third kappa shape index (κ3) is 6.24. The van der Waals surface area contributed by atoms with E-state index in [1.54, 1.807) is 7.05 Å². The topological polar surface area (TPSA) is 88.0 Å². The molecule has 2 rings (SSSR count). The van der Waals surface area contributed by atoms with E-state index in [2.05, 4.69) is 20.6 Å². The third-order valence-corrected chi connectivity index (χ3v) is 4.39. The molecular formula is C17H25F3N4O3. The largest absolute Gasteiger partial charge is 0.475 e. The number of nitrogens with zero attached hydrogens (tertiary/aromatic N) is 2. The molecule has 0 aliphatic carbocycles. The van der Waals surface area contributed by atoms with E-state index in [0.29, 0.717) is 32.1 Å². The van der Waals surface area contributed by atoms with Crippen LogP contribution in [-0.2, 0) is 10.9 Å². The Hall–Kier alpha value is -2.07. The van der Waals surface area contributed by atoms with Crippen LogP contribution < -0.4 is 15.4 Å². The summed E-state index contributed by atoms with van der Waals surface area (Å²) in [5, 5.41) is 15.4. The molecule has 1 unspecified atom stereocenters. The summed E-state index contributed by atoms with van der Waals surface area (Å²) < 4.78 is 49.3. The summed E-state index contributed by atoms with van der Waals surface area (Å²) in [6.45, 7) is 2.12. The van der Waals surface area contributed by atoms with Crippen molar-refractivity contribution in [1.29, 1.82) is 0 Å². The molecule has 27 heavy (non-hydrogen) atoms. The summed E-state index contributed by atoms with van der Waals surface area (Å²) in [4.78, 5) is 7.73. The summed E-state index contributed by atoms with van der Waals surface area (Å²) in [7, 11) is 1.60. The predicted octanol–water partition coefficient (Wildman–Crippen LogP) is 1.43. The number of aromatic nitrogens is 1. The van der Waals surface area contributed by atoms with E-state index in [1.165, 1.54) is 12.3 Å². The van der Waals surface area contributed by atoms with Crippen LogP contribution in [0.3, 0.4) is 0 Å². The SMILES string of the molecule is CN=C(NCCOc1ncccc1C(F)(F)F)NCC1(CCO)CCOC1. The molecule has 0 aromatic carbocycles. The summed E-state index contributed by atoms with van der Waals surface area (Å²) in [5.41, 5.74) is -1.04. The second-order valence-electron chi connectivity index (χ2n) is 6.33. The van der Waals surface area contributed by atoms with Crippen LogP contribution in [0.5, 0.6) is 5.88 Å². The van der Waals surface area contributed by atoms with Crippen molar-refractivity contribution in [3.8, 4) is 5.88 Å². The lowest BCUT2D eigenvalue weighted by atomic mass is 9.84. The monoisotopic (exact) mass is 390 g/mol. The maximum Gasteiger partial charge on any atom is 0.421 e. The van der Waals surface area contributed by atoms with Gasteiger partial charge in [-0.2, -0.15) is 13.2 Å². The van der Waals surface area contributed by atoms with E-state index in [-0.39, 0.29) is 25.2 Å².